The van der Waals surface area contributed by atoms with Crippen molar-refractivity contribution in [2.24, 2.45) is 5.10 Å². The molecule has 0 unspecified atom stereocenters. The zero-order valence-electron chi connectivity index (χ0n) is 14.1. The maximum atomic E-state index is 12.8. The Morgan fingerprint density at radius 2 is 1.70 bits per heavy atom. The number of methoxy groups -OCH3 is 1. The molecular weight excluding hydrogens is 459 g/mol. The van der Waals surface area contributed by atoms with Crippen LogP contribution < -0.4 is 4.74 Å². The number of hydrazone groups is 1. The molecule has 0 radical (unpaired) electrons. The molecule has 0 aliphatic carbocycles. The van der Waals surface area contributed by atoms with Gasteiger partial charge in [-0.3, -0.25) is 9.59 Å². The third kappa shape index (κ3) is 2.84. The van der Waals surface area contributed by atoms with Gasteiger partial charge in [-0.15, -0.1) is 0 Å². The first-order valence-electron chi connectivity index (χ1n) is 8.02. The van der Waals surface area contributed by atoms with Crippen LogP contribution in [0.1, 0.15) is 26.3 Å². The lowest BCUT2D eigenvalue weighted by atomic mass is 9.95. The highest BCUT2D eigenvalue weighted by Crippen LogP contribution is 2.32. The molecule has 0 spiro atoms. The number of amides is 2. The molecule has 0 saturated carbocycles. The van der Waals surface area contributed by atoms with Gasteiger partial charge in [-0.2, -0.15) is 10.1 Å². The Morgan fingerprint density at radius 1 is 1.07 bits per heavy atom. The summed E-state index contributed by atoms with van der Waals surface area (Å²) in [5.74, 6) is -0.627. The Morgan fingerprint density at radius 3 is 2.30 bits per heavy atom. The van der Waals surface area contributed by atoms with Crippen molar-refractivity contribution in [3.05, 3.63) is 68.8 Å². The number of imide groups is 1. The molecular formula is C20H13IN2O4. The standard InChI is InChI=1S/C20H13IN2O4/c1-27-16-9-11(8-15(21)18(16)24)10-22-23-19(25)13-6-2-4-12-5-3-7-14(17(12)13)20(23)26/h2-10,24H,1H3. The molecule has 0 saturated heterocycles. The summed E-state index contributed by atoms with van der Waals surface area (Å²) in [5.41, 5.74) is 1.47. The number of benzene rings is 3. The predicted octanol–water partition coefficient (Wildman–Crippen LogP) is 3.79. The van der Waals surface area contributed by atoms with Gasteiger partial charge in [0.25, 0.3) is 11.8 Å². The van der Waals surface area contributed by atoms with Gasteiger partial charge in [0.1, 0.15) is 0 Å². The summed E-state index contributed by atoms with van der Waals surface area (Å²) >= 11 is 1.97. The molecule has 4 rings (SSSR count). The fraction of sp³-hybridized carbons (Fsp3) is 0.0500. The number of halogens is 1. The lowest BCUT2D eigenvalue weighted by Gasteiger charge is -2.23. The lowest BCUT2D eigenvalue weighted by molar-refractivity contribution is 0.0616. The molecule has 2 amide bonds. The van der Waals surface area contributed by atoms with Gasteiger partial charge in [0, 0.05) is 5.39 Å². The Balaban J connectivity index is 1.76. The number of aromatic hydroxyl groups is 1. The quantitative estimate of drug-likeness (QED) is 0.358. The van der Waals surface area contributed by atoms with Crippen molar-refractivity contribution in [2.75, 3.05) is 7.11 Å². The first-order valence-corrected chi connectivity index (χ1v) is 9.10. The van der Waals surface area contributed by atoms with E-state index in [9.17, 15) is 14.7 Å². The Labute approximate surface area is 168 Å². The van der Waals surface area contributed by atoms with E-state index in [2.05, 4.69) is 5.10 Å². The summed E-state index contributed by atoms with van der Waals surface area (Å²) < 4.78 is 5.69. The SMILES string of the molecule is COc1cc(C=NN2C(=O)c3cccc4cccc(c34)C2=O)cc(I)c1O. The van der Waals surface area contributed by atoms with Gasteiger partial charge in [-0.25, -0.2) is 0 Å². The van der Waals surface area contributed by atoms with Crippen LogP contribution in [0.2, 0.25) is 0 Å². The molecule has 27 heavy (non-hydrogen) atoms. The highest BCUT2D eigenvalue weighted by atomic mass is 127. The van der Waals surface area contributed by atoms with Crippen LogP contribution >= 0.6 is 22.6 Å². The van der Waals surface area contributed by atoms with E-state index in [1.54, 1.807) is 36.4 Å². The molecule has 1 N–H and O–H groups in total. The van der Waals surface area contributed by atoms with Crippen LogP contribution in [0.25, 0.3) is 10.8 Å². The zero-order valence-corrected chi connectivity index (χ0v) is 16.3. The normalized spacial score (nSPS) is 13.6. The van der Waals surface area contributed by atoms with Crippen molar-refractivity contribution in [2.45, 2.75) is 0 Å². The number of phenols is 1. The van der Waals surface area contributed by atoms with Gasteiger partial charge >= 0.3 is 0 Å². The maximum absolute atomic E-state index is 12.8. The fourth-order valence-corrected chi connectivity index (χ4v) is 3.70. The van der Waals surface area contributed by atoms with Gasteiger partial charge < -0.3 is 9.84 Å². The Kier molecular flexibility index (Phi) is 4.31. The van der Waals surface area contributed by atoms with Crippen LogP contribution in [-0.2, 0) is 0 Å². The summed E-state index contributed by atoms with van der Waals surface area (Å²) in [4.78, 5) is 25.6. The predicted molar refractivity (Wildman–Crippen MR) is 109 cm³/mol. The third-order valence-corrected chi connectivity index (χ3v) is 5.17. The van der Waals surface area contributed by atoms with Gasteiger partial charge in [0.15, 0.2) is 11.5 Å². The summed E-state index contributed by atoms with van der Waals surface area (Å²) in [6, 6.07) is 13.9. The first-order chi connectivity index (χ1) is 13.0. The van der Waals surface area contributed by atoms with Crippen LogP contribution in [-0.4, -0.2) is 35.3 Å². The number of carbonyl (C=O) groups is 2. The molecule has 0 aromatic heterocycles. The average molecular weight is 472 g/mol. The Bertz CT molecular complexity index is 1090. The van der Waals surface area contributed by atoms with Crippen LogP contribution in [0.5, 0.6) is 11.5 Å². The van der Waals surface area contributed by atoms with Crippen LogP contribution in [0, 0.1) is 3.57 Å². The second-order valence-corrected chi connectivity index (χ2v) is 7.09. The largest absolute Gasteiger partial charge is 0.504 e. The summed E-state index contributed by atoms with van der Waals surface area (Å²) in [6.07, 6.45) is 1.40. The molecule has 0 atom stereocenters. The topological polar surface area (TPSA) is 79.2 Å². The number of nitrogens with zero attached hydrogens (tertiary/aromatic N) is 2. The first kappa shape index (κ1) is 17.5. The minimum absolute atomic E-state index is 0.0287. The molecule has 0 fully saturated rings. The maximum Gasteiger partial charge on any atom is 0.282 e. The Hall–Kier alpha value is -2.94. The molecule has 0 bridgehead atoms. The van der Waals surface area contributed by atoms with Crippen molar-refractivity contribution in [3.8, 4) is 11.5 Å². The van der Waals surface area contributed by atoms with E-state index in [1.165, 1.54) is 13.3 Å². The highest BCUT2D eigenvalue weighted by molar-refractivity contribution is 14.1. The van der Waals surface area contributed by atoms with Gasteiger partial charge in [0.05, 0.1) is 28.0 Å². The van der Waals surface area contributed by atoms with Gasteiger partial charge in [-0.05, 0) is 57.8 Å². The monoisotopic (exact) mass is 472 g/mol. The van der Waals surface area contributed by atoms with E-state index >= 15 is 0 Å². The molecule has 3 aromatic rings. The molecule has 1 aliphatic rings. The number of phenolic OH excluding ortho intramolecular Hbond substituents is 1. The van der Waals surface area contributed by atoms with Crippen molar-refractivity contribution < 1.29 is 19.4 Å². The van der Waals surface area contributed by atoms with Crippen molar-refractivity contribution in [1.29, 1.82) is 0 Å². The van der Waals surface area contributed by atoms with Crippen molar-refractivity contribution >= 4 is 51.4 Å². The van der Waals surface area contributed by atoms with Crippen LogP contribution in [0.3, 0.4) is 0 Å². The van der Waals surface area contributed by atoms with E-state index < -0.39 is 11.8 Å². The molecule has 7 heteroatoms. The average Bonchev–Trinajstić information content (AvgIpc) is 2.68. The van der Waals surface area contributed by atoms with E-state index in [0.29, 0.717) is 25.6 Å². The number of hydrogen-bond acceptors (Lipinski definition) is 5. The van der Waals surface area contributed by atoms with Crippen molar-refractivity contribution in [1.82, 2.24) is 5.01 Å². The van der Waals surface area contributed by atoms with E-state index in [1.807, 2.05) is 34.7 Å². The van der Waals surface area contributed by atoms with Crippen LogP contribution in [0.4, 0.5) is 0 Å². The molecule has 1 aliphatic heterocycles. The smallest absolute Gasteiger partial charge is 0.282 e. The minimum atomic E-state index is -0.471. The third-order valence-electron chi connectivity index (χ3n) is 4.34. The molecule has 134 valence electrons. The number of hydrogen-bond donors (Lipinski definition) is 1. The van der Waals surface area contributed by atoms with E-state index in [-0.39, 0.29) is 11.5 Å². The van der Waals surface area contributed by atoms with E-state index in [4.69, 9.17) is 4.74 Å². The number of ether oxygens (including phenoxy) is 1. The van der Waals surface area contributed by atoms with Gasteiger partial charge in [-0.1, -0.05) is 24.3 Å². The fourth-order valence-electron chi connectivity index (χ4n) is 3.07. The number of rotatable bonds is 3. The summed E-state index contributed by atoms with van der Waals surface area (Å²) in [6.45, 7) is 0. The van der Waals surface area contributed by atoms with Gasteiger partial charge in [0.2, 0.25) is 0 Å². The second kappa shape index (κ2) is 6.66. The molecule has 1 heterocycles. The molecule has 3 aromatic carbocycles. The molecule has 6 nitrogen and oxygen atoms in total. The van der Waals surface area contributed by atoms with Crippen molar-refractivity contribution in [3.63, 3.8) is 0 Å². The van der Waals surface area contributed by atoms with Crippen LogP contribution in [0.15, 0.2) is 53.6 Å². The number of carbonyl (C=O) groups excluding carboxylic acids is 2. The second-order valence-electron chi connectivity index (χ2n) is 5.93. The zero-order chi connectivity index (χ0) is 19.1. The lowest BCUT2D eigenvalue weighted by Crippen LogP contribution is -2.36. The summed E-state index contributed by atoms with van der Waals surface area (Å²) in [7, 11) is 1.45. The van der Waals surface area contributed by atoms with E-state index in [0.717, 1.165) is 10.4 Å². The highest BCUT2D eigenvalue weighted by Gasteiger charge is 2.32. The summed E-state index contributed by atoms with van der Waals surface area (Å²) in [5, 5.41) is 16.4. The minimum Gasteiger partial charge on any atom is -0.504 e.